The van der Waals surface area contributed by atoms with Crippen molar-refractivity contribution in [3.8, 4) is 18.2 Å². The van der Waals surface area contributed by atoms with E-state index in [1.807, 2.05) is 6.92 Å². The van der Waals surface area contributed by atoms with E-state index < -0.39 is 0 Å². The minimum Gasteiger partial charge on any atom is -0.481 e. The Morgan fingerprint density at radius 3 is 3.00 bits per heavy atom. The molecule has 0 aliphatic carbocycles. The Balaban J connectivity index is 2.73. The van der Waals surface area contributed by atoms with Crippen LogP contribution < -0.4 is 10.1 Å². The molecule has 13 heavy (non-hydrogen) atoms. The van der Waals surface area contributed by atoms with Crippen molar-refractivity contribution >= 4 is 5.82 Å². The third kappa shape index (κ3) is 2.64. The maximum Gasteiger partial charge on any atom is 0.218 e. The van der Waals surface area contributed by atoms with Gasteiger partial charge in [0, 0.05) is 6.07 Å². The molecule has 1 N–H and O–H groups in total. The molecule has 1 rings (SSSR count). The Labute approximate surface area is 77.4 Å². The quantitative estimate of drug-likeness (QED) is 0.697. The summed E-state index contributed by atoms with van der Waals surface area (Å²) in [5, 5.41) is 3.00. The second kappa shape index (κ2) is 4.31. The third-order valence-electron chi connectivity index (χ3n) is 1.47. The fraction of sp³-hybridized carbons (Fsp3) is 0.333. The van der Waals surface area contributed by atoms with E-state index >= 15 is 0 Å². The maximum absolute atomic E-state index is 5.20. The number of terminal acetylenes is 1. The molecule has 4 heteroatoms. The Morgan fingerprint density at radius 1 is 1.62 bits per heavy atom. The van der Waals surface area contributed by atoms with Crippen molar-refractivity contribution in [1.82, 2.24) is 9.97 Å². The van der Waals surface area contributed by atoms with Crippen LogP contribution in [0, 0.1) is 12.3 Å². The summed E-state index contributed by atoms with van der Waals surface area (Å²) >= 11 is 0. The molecule has 0 bridgehead atoms. The van der Waals surface area contributed by atoms with Crippen LogP contribution in [0.25, 0.3) is 0 Å². The van der Waals surface area contributed by atoms with Crippen molar-refractivity contribution < 1.29 is 4.74 Å². The van der Waals surface area contributed by atoms with E-state index in [1.165, 1.54) is 6.33 Å². The van der Waals surface area contributed by atoms with Gasteiger partial charge in [-0.25, -0.2) is 9.97 Å². The molecule has 68 valence electrons. The number of nitrogens with zero attached hydrogens (tertiary/aromatic N) is 2. The molecule has 1 aromatic rings. The first kappa shape index (κ1) is 9.33. The summed E-state index contributed by atoms with van der Waals surface area (Å²) in [6.45, 7) is 1.87. The Hall–Kier alpha value is -1.76. The van der Waals surface area contributed by atoms with Gasteiger partial charge < -0.3 is 10.1 Å². The van der Waals surface area contributed by atoms with Crippen LogP contribution >= 0.6 is 0 Å². The number of aromatic nitrogens is 2. The largest absolute Gasteiger partial charge is 0.481 e. The molecule has 0 saturated heterocycles. The number of methoxy groups -OCH3 is 1. The number of nitrogens with one attached hydrogen (secondary N) is 1. The highest BCUT2D eigenvalue weighted by atomic mass is 16.5. The zero-order chi connectivity index (χ0) is 9.68. The van der Waals surface area contributed by atoms with E-state index in [-0.39, 0.29) is 6.04 Å². The van der Waals surface area contributed by atoms with Gasteiger partial charge in [0.25, 0.3) is 0 Å². The lowest BCUT2D eigenvalue weighted by atomic mass is 10.3. The second-order valence-electron chi connectivity index (χ2n) is 2.48. The monoisotopic (exact) mass is 177 g/mol. The zero-order valence-electron chi connectivity index (χ0n) is 7.61. The molecule has 0 aliphatic heterocycles. The molecule has 1 atom stereocenters. The lowest BCUT2D eigenvalue weighted by Gasteiger charge is -2.07. The van der Waals surface area contributed by atoms with Crippen LogP contribution in [-0.4, -0.2) is 23.1 Å². The minimum absolute atomic E-state index is 0.0559. The molecule has 1 aromatic heterocycles. The van der Waals surface area contributed by atoms with Crippen LogP contribution in [0.5, 0.6) is 5.88 Å². The summed E-state index contributed by atoms with van der Waals surface area (Å²) in [4.78, 5) is 7.84. The Morgan fingerprint density at radius 2 is 2.38 bits per heavy atom. The van der Waals surface area contributed by atoms with Crippen molar-refractivity contribution in [2.75, 3.05) is 12.4 Å². The van der Waals surface area contributed by atoms with Gasteiger partial charge in [0.15, 0.2) is 0 Å². The topological polar surface area (TPSA) is 47.0 Å². The van der Waals surface area contributed by atoms with E-state index in [1.54, 1.807) is 13.2 Å². The predicted octanol–water partition coefficient (Wildman–Crippen LogP) is 0.919. The molecule has 0 aromatic carbocycles. The lowest BCUT2D eigenvalue weighted by Crippen LogP contribution is -2.13. The van der Waals surface area contributed by atoms with E-state index in [0.29, 0.717) is 11.7 Å². The van der Waals surface area contributed by atoms with Gasteiger partial charge in [0.05, 0.1) is 13.2 Å². The number of anilines is 1. The van der Waals surface area contributed by atoms with E-state index in [0.717, 1.165) is 0 Å². The summed E-state index contributed by atoms with van der Waals surface area (Å²) in [6, 6.07) is 1.63. The molecule has 1 unspecified atom stereocenters. The average Bonchev–Trinajstić information content (AvgIpc) is 2.18. The van der Waals surface area contributed by atoms with Crippen molar-refractivity contribution in [2.24, 2.45) is 0 Å². The van der Waals surface area contributed by atoms with Crippen molar-refractivity contribution in [2.45, 2.75) is 13.0 Å². The standard InChI is InChI=1S/C9H11N3O/c1-4-7(2)12-8-5-9(13-3)11-6-10-8/h1,5-7H,2-3H3,(H,10,11,12). The number of ether oxygens (including phenoxy) is 1. The molecule has 0 aliphatic rings. The number of rotatable bonds is 3. The first-order valence-corrected chi connectivity index (χ1v) is 3.85. The van der Waals surface area contributed by atoms with Gasteiger partial charge in [-0.1, -0.05) is 5.92 Å². The van der Waals surface area contributed by atoms with Gasteiger partial charge in [0.2, 0.25) is 5.88 Å². The normalized spacial score (nSPS) is 11.5. The molecule has 0 saturated carbocycles. The lowest BCUT2D eigenvalue weighted by molar-refractivity contribution is 0.397. The molecule has 0 amide bonds. The molecular weight excluding hydrogens is 166 g/mol. The van der Waals surface area contributed by atoms with E-state index in [9.17, 15) is 0 Å². The first-order valence-electron chi connectivity index (χ1n) is 3.85. The molecule has 0 fully saturated rings. The smallest absolute Gasteiger partial charge is 0.218 e. The zero-order valence-corrected chi connectivity index (χ0v) is 7.61. The summed E-state index contributed by atoms with van der Waals surface area (Å²) in [5.74, 6) is 3.72. The fourth-order valence-electron chi connectivity index (χ4n) is 0.794. The SMILES string of the molecule is C#CC(C)Nc1cc(OC)ncn1. The van der Waals surface area contributed by atoms with Gasteiger partial charge in [0.1, 0.15) is 12.1 Å². The second-order valence-corrected chi connectivity index (χ2v) is 2.48. The highest BCUT2D eigenvalue weighted by molar-refractivity contribution is 5.39. The minimum atomic E-state index is -0.0559. The van der Waals surface area contributed by atoms with E-state index in [4.69, 9.17) is 11.2 Å². The van der Waals surface area contributed by atoms with Gasteiger partial charge in [-0.15, -0.1) is 6.42 Å². The van der Waals surface area contributed by atoms with E-state index in [2.05, 4.69) is 21.2 Å². The molecule has 1 heterocycles. The van der Waals surface area contributed by atoms with Gasteiger partial charge >= 0.3 is 0 Å². The number of hydrogen-bond donors (Lipinski definition) is 1. The summed E-state index contributed by atoms with van der Waals surface area (Å²) in [6.07, 6.45) is 6.62. The summed E-state index contributed by atoms with van der Waals surface area (Å²) in [5.41, 5.74) is 0. The molecule has 4 nitrogen and oxygen atoms in total. The van der Waals surface area contributed by atoms with Crippen molar-refractivity contribution in [1.29, 1.82) is 0 Å². The number of hydrogen-bond acceptors (Lipinski definition) is 4. The van der Waals surface area contributed by atoms with Crippen molar-refractivity contribution in [3.05, 3.63) is 12.4 Å². The van der Waals surface area contributed by atoms with Crippen LogP contribution in [0.15, 0.2) is 12.4 Å². The maximum atomic E-state index is 5.20. The summed E-state index contributed by atoms with van der Waals surface area (Å²) < 4.78 is 4.93. The van der Waals surface area contributed by atoms with Crippen LogP contribution in [0.3, 0.4) is 0 Å². The summed E-state index contributed by atoms with van der Waals surface area (Å²) in [7, 11) is 1.55. The third-order valence-corrected chi connectivity index (χ3v) is 1.47. The molecule has 0 spiro atoms. The van der Waals surface area contributed by atoms with Crippen LogP contribution in [0.4, 0.5) is 5.82 Å². The first-order chi connectivity index (χ1) is 6.26. The van der Waals surface area contributed by atoms with Crippen LogP contribution in [-0.2, 0) is 0 Å². The molecular formula is C9H11N3O. The van der Waals surface area contributed by atoms with Crippen LogP contribution in [0.2, 0.25) is 0 Å². The molecule has 0 radical (unpaired) electrons. The van der Waals surface area contributed by atoms with Crippen molar-refractivity contribution in [3.63, 3.8) is 0 Å². The average molecular weight is 177 g/mol. The highest BCUT2D eigenvalue weighted by Gasteiger charge is 2.00. The van der Waals surface area contributed by atoms with Gasteiger partial charge in [-0.3, -0.25) is 0 Å². The fourth-order valence-corrected chi connectivity index (χ4v) is 0.794. The Bertz CT molecular complexity index is 319. The highest BCUT2D eigenvalue weighted by Crippen LogP contribution is 2.10. The Kier molecular flexibility index (Phi) is 3.09. The van der Waals surface area contributed by atoms with Crippen LogP contribution in [0.1, 0.15) is 6.92 Å². The van der Waals surface area contributed by atoms with Gasteiger partial charge in [-0.2, -0.15) is 0 Å². The predicted molar refractivity (Wildman–Crippen MR) is 50.5 cm³/mol. The van der Waals surface area contributed by atoms with Gasteiger partial charge in [-0.05, 0) is 6.92 Å².